The first kappa shape index (κ1) is 11.7. The summed E-state index contributed by atoms with van der Waals surface area (Å²) in [4.78, 5) is 0. The van der Waals surface area contributed by atoms with Crippen molar-refractivity contribution in [2.45, 2.75) is 32.2 Å². The average Bonchev–Trinajstić information content (AvgIpc) is 2.29. The molecule has 0 saturated heterocycles. The molecule has 0 bridgehead atoms. The third-order valence-electron chi connectivity index (χ3n) is 2.73. The highest BCUT2D eigenvalue weighted by Gasteiger charge is 2.25. The van der Waals surface area contributed by atoms with E-state index in [0.29, 0.717) is 11.6 Å². The fourth-order valence-corrected chi connectivity index (χ4v) is 1.37. The fourth-order valence-electron chi connectivity index (χ4n) is 1.37. The topological polar surface area (TPSA) is 84.1 Å². The van der Waals surface area contributed by atoms with Crippen LogP contribution < -0.4 is 11.1 Å². The van der Waals surface area contributed by atoms with Crippen LogP contribution in [-0.4, -0.2) is 27.4 Å². The van der Waals surface area contributed by atoms with E-state index in [1.807, 2.05) is 13.8 Å². The molecule has 0 aromatic carbocycles. The zero-order chi connectivity index (χ0) is 11.3. The van der Waals surface area contributed by atoms with Gasteiger partial charge in [0.2, 0.25) is 0 Å². The van der Waals surface area contributed by atoms with Crippen LogP contribution in [0.3, 0.4) is 0 Å². The molecule has 0 fully saturated rings. The number of anilines is 2. The predicted molar refractivity (Wildman–Crippen MR) is 60.5 cm³/mol. The molecule has 1 heterocycles. The molecule has 0 spiro atoms. The Morgan fingerprint density at radius 3 is 2.40 bits per heavy atom. The van der Waals surface area contributed by atoms with Gasteiger partial charge in [0.1, 0.15) is 11.6 Å². The van der Waals surface area contributed by atoms with E-state index in [9.17, 15) is 5.11 Å². The van der Waals surface area contributed by atoms with E-state index in [4.69, 9.17) is 5.73 Å². The first-order valence-corrected chi connectivity index (χ1v) is 5.14. The van der Waals surface area contributed by atoms with E-state index in [0.717, 1.165) is 12.8 Å². The molecule has 84 valence electrons. The zero-order valence-corrected chi connectivity index (χ0v) is 9.20. The molecule has 4 N–H and O–H groups in total. The number of nitrogens with two attached hydrogens (primary N) is 1. The Kier molecular flexibility index (Phi) is 3.85. The first-order valence-electron chi connectivity index (χ1n) is 5.14. The molecule has 0 radical (unpaired) electrons. The van der Waals surface area contributed by atoms with Gasteiger partial charge in [-0.15, -0.1) is 10.2 Å². The van der Waals surface area contributed by atoms with Crippen LogP contribution in [0.4, 0.5) is 11.6 Å². The second kappa shape index (κ2) is 4.93. The Morgan fingerprint density at radius 1 is 1.33 bits per heavy atom. The molecule has 15 heavy (non-hydrogen) atoms. The molecule has 1 rings (SSSR count). The van der Waals surface area contributed by atoms with E-state index in [1.165, 1.54) is 0 Å². The van der Waals surface area contributed by atoms with Gasteiger partial charge in [0.15, 0.2) is 0 Å². The van der Waals surface area contributed by atoms with Gasteiger partial charge in [-0.1, -0.05) is 13.8 Å². The normalized spacial score (nSPS) is 11.4. The Labute approximate surface area is 89.7 Å². The molecular formula is C10H18N4O. The quantitative estimate of drug-likeness (QED) is 0.675. The minimum atomic E-state index is -0.315. The van der Waals surface area contributed by atoms with Crippen LogP contribution in [0.1, 0.15) is 26.7 Å². The second-order valence-corrected chi connectivity index (χ2v) is 3.61. The molecule has 0 unspecified atom stereocenters. The first-order chi connectivity index (χ1) is 7.15. The SMILES string of the molecule is CCC(CC)(CO)Nc1ccc(N)nn1. The monoisotopic (exact) mass is 210 g/mol. The molecule has 1 aromatic heterocycles. The number of aliphatic hydroxyl groups excluding tert-OH is 1. The van der Waals surface area contributed by atoms with E-state index in [1.54, 1.807) is 12.1 Å². The summed E-state index contributed by atoms with van der Waals surface area (Å²) in [5.74, 6) is 1.03. The van der Waals surface area contributed by atoms with Crippen LogP contribution in [0.25, 0.3) is 0 Å². The minimum Gasteiger partial charge on any atom is -0.394 e. The van der Waals surface area contributed by atoms with Crippen molar-refractivity contribution in [1.29, 1.82) is 0 Å². The Morgan fingerprint density at radius 2 is 2.00 bits per heavy atom. The number of nitrogens with zero attached hydrogens (tertiary/aromatic N) is 2. The summed E-state index contributed by atoms with van der Waals surface area (Å²) in [5.41, 5.74) is 5.12. The van der Waals surface area contributed by atoms with Gasteiger partial charge >= 0.3 is 0 Å². The maximum Gasteiger partial charge on any atom is 0.149 e. The highest BCUT2D eigenvalue weighted by molar-refractivity contribution is 5.40. The van der Waals surface area contributed by atoms with E-state index in [-0.39, 0.29) is 12.1 Å². The van der Waals surface area contributed by atoms with Gasteiger partial charge in [0.05, 0.1) is 12.1 Å². The minimum absolute atomic E-state index is 0.0755. The van der Waals surface area contributed by atoms with Crippen molar-refractivity contribution < 1.29 is 5.11 Å². The van der Waals surface area contributed by atoms with Crippen LogP contribution in [-0.2, 0) is 0 Å². The van der Waals surface area contributed by atoms with Gasteiger partial charge in [-0.2, -0.15) is 0 Å². The van der Waals surface area contributed by atoms with Gasteiger partial charge in [0.25, 0.3) is 0 Å². The van der Waals surface area contributed by atoms with E-state index in [2.05, 4.69) is 15.5 Å². The standard InChI is InChI=1S/C10H18N4O/c1-3-10(4-2,7-15)12-9-6-5-8(11)13-14-9/h5-6,15H,3-4,7H2,1-2H3,(H2,11,13)(H,12,14). The Hall–Kier alpha value is -1.36. The Balaban J connectivity index is 2.78. The van der Waals surface area contributed by atoms with Crippen molar-refractivity contribution in [3.8, 4) is 0 Å². The van der Waals surface area contributed by atoms with Gasteiger partial charge in [-0.3, -0.25) is 0 Å². The number of hydrogen-bond acceptors (Lipinski definition) is 5. The molecule has 5 nitrogen and oxygen atoms in total. The maximum atomic E-state index is 9.36. The van der Waals surface area contributed by atoms with Crippen LogP contribution in [0.2, 0.25) is 0 Å². The van der Waals surface area contributed by atoms with E-state index < -0.39 is 0 Å². The molecule has 1 aromatic rings. The van der Waals surface area contributed by atoms with Crippen LogP contribution in [0.15, 0.2) is 12.1 Å². The van der Waals surface area contributed by atoms with Crippen molar-refractivity contribution >= 4 is 11.6 Å². The maximum absolute atomic E-state index is 9.36. The molecule has 0 aliphatic heterocycles. The number of hydrogen-bond donors (Lipinski definition) is 3. The molecule has 0 saturated carbocycles. The molecule has 5 heteroatoms. The number of aliphatic hydroxyl groups is 1. The predicted octanol–water partition coefficient (Wildman–Crippen LogP) is 1.02. The molecule has 0 amide bonds. The summed E-state index contributed by atoms with van der Waals surface area (Å²) >= 11 is 0. The number of rotatable bonds is 5. The van der Waals surface area contributed by atoms with Crippen LogP contribution in [0, 0.1) is 0 Å². The fraction of sp³-hybridized carbons (Fsp3) is 0.600. The summed E-state index contributed by atoms with van der Waals surface area (Å²) in [6.45, 7) is 4.13. The lowest BCUT2D eigenvalue weighted by atomic mass is 9.94. The Bertz CT molecular complexity index is 287. The van der Waals surface area contributed by atoms with Crippen LogP contribution >= 0.6 is 0 Å². The second-order valence-electron chi connectivity index (χ2n) is 3.61. The highest BCUT2D eigenvalue weighted by atomic mass is 16.3. The third-order valence-corrected chi connectivity index (χ3v) is 2.73. The number of nitrogens with one attached hydrogen (secondary N) is 1. The van der Waals surface area contributed by atoms with Crippen LogP contribution in [0.5, 0.6) is 0 Å². The molecular weight excluding hydrogens is 192 g/mol. The lowest BCUT2D eigenvalue weighted by Crippen LogP contribution is -2.41. The lowest BCUT2D eigenvalue weighted by molar-refractivity contribution is 0.202. The van der Waals surface area contributed by atoms with Crippen molar-refractivity contribution in [2.75, 3.05) is 17.7 Å². The van der Waals surface area contributed by atoms with Gasteiger partial charge in [-0.25, -0.2) is 0 Å². The summed E-state index contributed by atoms with van der Waals surface area (Å²) in [7, 11) is 0. The van der Waals surface area contributed by atoms with Crippen molar-refractivity contribution in [3.05, 3.63) is 12.1 Å². The van der Waals surface area contributed by atoms with Crippen molar-refractivity contribution in [3.63, 3.8) is 0 Å². The summed E-state index contributed by atoms with van der Waals surface area (Å²) in [6.07, 6.45) is 1.65. The molecule has 0 aliphatic rings. The highest BCUT2D eigenvalue weighted by Crippen LogP contribution is 2.20. The van der Waals surface area contributed by atoms with Crippen molar-refractivity contribution in [2.24, 2.45) is 0 Å². The number of aromatic nitrogens is 2. The van der Waals surface area contributed by atoms with Gasteiger partial charge in [0, 0.05) is 0 Å². The summed E-state index contributed by atoms with van der Waals surface area (Å²) in [6, 6.07) is 3.45. The third kappa shape index (κ3) is 2.79. The largest absolute Gasteiger partial charge is 0.394 e. The summed E-state index contributed by atoms with van der Waals surface area (Å²) in [5, 5.41) is 20.2. The zero-order valence-electron chi connectivity index (χ0n) is 9.20. The number of nitrogen functional groups attached to an aromatic ring is 1. The van der Waals surface area contributed by atoms with Gasteiger partial charge < -0.3 is 16.2 Å². The smallest absolute Gasteiger partial charge is 0.149 e. The van der Waals surface area contributed by atoms with Gasteiger partial charge in [-0.05, 0) is 25.0 Å². The molecule has 0 aliphatic carbocycles. The lowest BCUT2D eigenvalue weighted by Gasteiger charge is -2.31. The van der Waals surface area contributed by atoms with Crippen molar-refractivity contribution in [1.82, 2.24) is 10.2 Å². The summed E-state index contributed by atoms with van der Waals surface area (Å²) < 4.78 is 0. The molecule has 0 atom stereocenters. The average molecular weight is 210 g/mol. The van der Waals surface area contributed by atoms with E-state index >= 15 is 0 Å².